The second-order valence-corrected chi connectivity index (χ2v) is 6.96. The molecule has 2 N–H and O–H groups in total. The molecule has 0 aliphatic rings. The Labute approximate surface area is 165 Å². The predicted octanol–water partition coefficient (Wildman–Crippen LogP) is 4.17. The van der Waals surface area contributed by atoms with E-state index < -0.39 is 4.92 Å². The van der Waals surface area contributed by atoms with Gasteiger partial charge < -0.3 is 15.4 Å². The van der Waals surface area contributed by atoms with Gasteiger partial charge in [-0.1, -0.05) is 12.1 Å². The van der Waals surface area contributed by atoms with E-state index in [9.17, 15) is 14.9 Å². The standard InChI is InChI=1S/C21H27N3O4/c1-14(2)28-18-10-7-16(8-11-18)6-5-15(3)23-21(25)19-13-17(24(26)27)9-12-20(19)22-4/h7-15,22H,5-6H2,1-4H3,(H,23,25). The molecule has 0 fully saturated rings. The summed E-state index contributed by atoms with van der Waals surface area (Å²) in [5.74, 6) is 0.506. The van der Waals surface area contributed by atoms with Gasteiger partial charge in [-0.3, -0.25) is 14.9 Å². The van der Waals surface area contributed by atoms with Crippen LogP contribution >= 0.6 is 0 Å². The van der Waals surface area contributed by atoms with Crippen molar-refractivity contribution in [2.24, 2.45) is 0 Å². The van der Waals surface area contributed by atoms with Crippen LogP contribution in [-0.4, -0.2) is 30.0 Å². The summed E-state index contributed by atoms with van der Waals surface area (Å²) in [7, 11) is 1.67. The Bertz CT molecular complexity index is 819. The maximum atomic E-state index is 12.6. The quantitative estimate of drug-likeness (QED) is 0.499. The van der Waals surface area contributed by atoms with Crippen LogP contribution < -0.4 is 15.4 Å². The lowest BCUT2D eigenvalue weighted by Crippen LogP contribution is -2.33. The molecule has 1 amide bonds. The molecule has 0 saturated heterocycles. The van der Waals surface area contributed by atoms with E-state index in [1.807, 2.05) is 45.0 Å². The van der Waals surface area contributed by atoms with Crippen LogP contribution in [0, 0.1) is 10.1 Å². The average Bonchev–Trinajstić information content (AvgIpc) is 2.66. The summed E-state index contributed by atoms with van der Waals surface area (Å²) in [4.78, 5) is 23.1. The van der Waals surface area contributed by atoms with E-state index in [4.69, 9.17) is 4.74 Å². The van der Waals surface area contributed by atoms with E-state index in [0.29, 0.717) is 5.69 Å². The van der Waals surface area contributed by atoms with E-state index in [1.165, 1.54) is 12.1 Å². The molecule has 0 saturated carbocycles. The Morgan fingerprint density at radius 3 is 2.39 bits per heavy atom. The van der Waals surface area contributed by atoms with Gasteiger partial charge in [-0.25, -0.2) is 0 Å². The fourth-order valence-electron chi connectivity index (χ4n) is 2.82. The van der Waals surface area contributed by atoms with Gasteiger partial charge in [0.2, 0.25) is 0 Å². The summed E-state index contributed by atoms with van der Waals surface area (Å²) in [6, 6.07) is 12.1. The SMILES string of the molecule is CNc1ccc([N+](=O)[O-])cc1C(=O)NC(C)CCc1ccc(OC(C)C)cc1. The van der Waals surface area contributed by atoms with Crippen LogP contribution in [0.4, 0.5) is 11.4 Å². The van der Waals surface area contributed by atoms with Crippen molar-refractivity contribution in [2.45, 2.75) is 45.8 Å². The third-order valence-corrected chi connectivity index (χ3v) is 4.27. The van der Waals surface area contributed by atoms with Crippen LogP contribution in [0.1, 0.15) is 43.1 Å². The van der Waals surface area contributed by atoms with Gasteiger partial charge in [0, 0.05) is 30.9 Å². The zero-order chi connectivity index (χ0) is 20.7. The highest BCUT2D eigenvalue weighted by molar-refractivity contribution is 6.00. The van der Waals surface area contributed by atoms with Gasteiger partial charge in [0.1, 0.15) is 5.75 Å². The van der Waals surface area contributed by atoms with Crippen LogP contribution in [-0.2, 0) is 6.42 Å². The highest BCUT2D eigenvalue weighted by Crippen LogP contribution is 2.22. The van der Waals surface area contributed by atoms with Gasteiger partial charge in [-0.15, -0.1) is 0 Å². The number of benzene rings is 2. The zero-order valence-corrected chi connectivity index (χ0v) is 16.7. The molecule has 1 atom stereocenters. The van der Waals surface area contributed by atoms with E-state index in [1.54, 1.807) is 13.1 Å². The first-order valence-electron chi connectivity index (χ1n) is 9.32. The highest BCUT2D eigenvalue weighted by Gasteiger charge is 2.17. The molecule has 2 aromatic carbocycles. The van der Waals surface area contributed by atoms with Crippen molar-refractivity contribution in [1.29, 1.82) is 0 Å². The summed E-state index contributed by atoms with van der Waals surface area (Å²) >= 11 is 0. The van der Waals surface area contributed by atoms with Crippen molar-refractivity contribution in [3.8, 4) is 5.75 Å². The average molecular weight is 385 g/mol. The summed E-state index contributed by atoms with van der Waals surface area (Å²) in [6.45, 7) is 5.89. The number of carbonyl (C=O) groups is 1. The molecule has 0 aromatic heterocycles. The molecule has 0 aliphatic heterocycles. The first-order chi connectivity index (χ1) is 13.3. The minimum atomic E-state index is -0.508. The van der Waals surface area contributed by atoms with Gasteiger partial charge in [0.25, 0.3) is 11.6 Å². The first-order valence-corrected chi connectivity index (χ1v) is 9.32. The third-order valence-electron chi connectivity index (χ3n) is 4.27. The van der Waals surface area contributed by atoms with E-state index in [0.717, 1.165) is 24.2 Å². The lowest BCUT2D eigenvalue weighted by Gasteiger charge is -2.16. The number of nitrogens with one attached hydrogen (secondary N) is 2. The predicted molar refractivity (Wildman–Crippen MR) is 110 cm³/mol. The van der Waals surface area contributed by atoms with Crippen LogP contribution in [0.3, 0.4) is 0 Å². The Kier molecular flexibility index (Phi) is 7.37. The lowest BCUT2D eigenvalue weighted by molar-refractivity contribution is -0.384. The second-order valence-electron chi connectivity index (χ2n) is 6.96. The largest absolute Gasteiger partial charge is 0.491 e. The molecule has 2 aromatic rings. The number of nitro benzene ring substituents is 1. The third kappa shape index (κ3) is 5.97. The Morgan fingerprint density at radius 2 is 1.82 bits per heavy atom. The van der Waals surface area contributed by atoms with Gasteiger partial charge in [-0.05, 0) is 57.4 Å². The van der Waals surface area contributed by atoms with Crippen molar-refractivity contribution in [3.05, 3.63) is 63.7 Å². The molecule has 0 spiro atoms. The Hall–Kier alpha value is -3.09. The summed E-state index contributed by atoms with van der Waals surface area (Å²) in [5, 5.41) is 16.8. The number of non-ortho nitro benzene ring substituents is 1. The molecule has 0 heterocycles. The molecule has 0 bridgehead atoms. The van der Waals surface area contributed by atoms with Gasteiger partial charge in [0.05, 0.1) is 16.6 Å². The van der Waals surface area contributed by atoms with Crippen molar-refractivity contribution >= 4 is 17.3 Å². The van der Waals surface area contributed by atoms with Gasteiger partial charge in [0.15, 0.2) is 0 Å². The molecule has 1 unspecified atom stereocenters. The number of hydrogen-bond acceptors (Lipinski definition) is 5. The van der Waals surface area contributed by atoms with Crippen molar-refractivity contribution in [3.63, 3.8) is 0 Å². The topological polar surface area (TPSA) is 93.5 Å². The number of anilines is 1. The molecule has 28 heavy (non-hydrogen) atoms. The fraction of sp³-hybridized carbons (Fsp3) is 0.381. The Balaban J connectivity index is 1.95. The van der Waals surface area contributed by atoms with E-state index in [-0.39, 0.29) is 29.3 Å². The molecule has 7 nitrogen and oxygen atoms in total. The molecule has 0 radical (unpaired) electrons. The number of aryl methyl sites for hydroxylation is 1. The normalized spacial score (nSPS) is 11.8. The zero-order valence-electron chi connectivity index (χ0n) is 16.7. The maximum Gasteiger partial charge on any atom is 0.270 e. The number of carbonyl (C=O) groups excluding carboxylic acids is 1. The summed E-state index contributed by atoms with van der Waals surface area (Å²) in [6.07, 6.45) is 1.69. The number of hydrogen-bond donors (Lipinski definition) is 2. The summed E-state index contributed by atoms with van der Waals surface area (Å²) in [5.41, 5.74) is 1.86. The molecular weight excluding hydrogens is 358 g/mol. The van der Waals surface area contributed by atoms with Crippen LogP contribution in [0.2, 0.25) is 0 Å². The molecule has 7 heteroatoms. The molecule has 150 valence electrons. The van der Waals surface area contributed by atoms with E-state index >= 15 is 0 Å². The minimum absolute atomic E-state index is 0.0805. The number of rotatable bonds is 9. The highest BCUT2D eigenvalue weighted by atomic mass is 16.6. The molecule has 2 rings (SSSR count). The molecule has 0 aliphatic carbocycles. The number of nitro groups is 1. The number of amides is 1. The minimum Gasteiger partial charge on any atom is -0.491 e. The Morgan fingerprint density at radius 1 is 1.14 bits per heavy atom. The van der Waals surface area contributed by atoms with Crippen molar-refractivity contribution in [2.75, 3.05) is 12.4 Å². The first kappa shape index (κ1) is 21.2. The number of nitrogens with zero attached hydrogens (tertiary/aromatic N) is 1. The summed E-state index contributed by atoms with van der Waals surface area (Å²) < 4.78 is 5.63. The van der Waals surface area contributed by atoms with Crippen molar-refractivity contribution in [1.82, 2.24) is 5.32 Å². The van der Waals surface area contributed by atoms with Crippen LogP contribution in [0.25, 0.3) is 0 Å². The van der Waals surface area contributed by atoms with E-state index in [2.05, 4.69) is 10.6 Å². The van der Waals surface area contributed by atoms with Crippen LogP contribution in [0.5, 0.6) is 5.75 Å². The van der Waals surface area contributed by atoms with Gasteiger partial charge >= 0.3 is 0 Å². The van der Waals surface area contributed by atoms with Crippen LogP contribution in [0.15, 0.2) is 42.5 Å². The maximum absolute atomic E-state index is 12.6. The monoisotopic (exact) mass is 385 g/mol. The number of ether oxygens (including phenoxy) is 1. The second kappa shape index (κ2) is 9.73. The molecular formula is C21H27N3O4. The van der Waals surface area contributed by atoms with Gasteiger partial charge in [-0.2, -0.15) is 0 Å². The van der Waals surface area contributed by atoms with Crippen molar-refractivity contribution < 1.29 is 14.5 Å². The fourth-order valence-corrected chi connectivity index (χ4v) is 2.82. The lowest BCUT2D eigenvalue weighted by atomic mass is 10.1. The smallest absolute Gasteiger partial charge is 0.270 e.